The molecule has 0 amide bonds. The quantitative estimate of drug-likeness (QED) is 0.844. The van der Waals surface area contributed by atoms with Crippen LogP contribution >= 0.6 is 23.1 Å². The van der Waals surface area contributed by atoms with Crippen LogP contribution in [-0.4, -0.2) is 46.3 Å². The number of aryl methyl sites for hydroxylation is 1. The van der Waals surface area contributed by atoms with Crippen molar-refractivity contribution in [2.24, 2.45) is 0 Å². The predicted molar refractivity (Wildman–Crippen MR) is 74.8 cm³/mol. The fraction of sp³-hybridized carbons (Fsp3) is 0.667. The van der Waals surface area contributed by atoms with Crippen LogP contribution in [0.15, 0.2) is 4.34 Å². The number of carboxylic acids is 1. The van der Waals surface area contributed by atoms with Crippen molar-refractivity contribution in [2.45, 2.75) is 30.5 Å². The van der Waals surface area contributed by atoms with E-state index in [9.17, 15) is 4.79 Å². The molecule has 4 nitrogen and oxygen atoms in total. The fourth-order valence-electron chi connectivity index (χ4n) is 2.08. The van der Waals surface area contributed by atoms with E-state index in [4.69, 9.17) is 5.11 Å². The highest BCUT2D eigenvalue weighted by molar-refractivity contribution is 8.01. The summed E-state index contributed by atoms with van der Waals surface area (Å²) < 4.78 is 0.877. The second-order valence-electron chi connectivity index (χ2n) is 4.45. The number of rotatable bonds is 5. The summed E-state index contributed by atoms with van der Waals surface area (Å²) in [6.45, 7) is 5.25. The van der Waals surface area contributed by atoms with Gasteiger partial charge in [-0.2, -0.15) is 0 Å². The highest BCUT2D eigenvalue weighted by atomic mass is 32.2. The van der Waals surface area contributed by atoms with Crippen LogP contribution in [0.1, 0.15) is 34.6 Å². The molecule has 2 heterocycles. The molecular formula is C12H18N2O2S2. The van der Waals surface area contributed by atoms with Crippen LogP contribution in [-0.2, 0) is 0 Å². The monoisotopic (exact) mass is 286 g/mol. The number of thiazole rings is 1. The number of hydrogen-bond acceptors (Lipinski definition) is 5. The lowest BCUT2D eigenvalue weighted by atomic mass is 10.1. The third-order valence-corrected chi connectivity index (χ3v) is 5.32. The largest absolute Gasteiger partial charge is 0.477 e. The lowest BCUT2D eigenvalue weighted by molar-refractivity contribution is 0.0701. The van der Waals surface area contributed by atoms with Crippen molar-refractivity contribution in [1.29, 1.82) is 0 Å². The SMILES string of the molecule is Cc1nc(SCCN2CCCCC2)sc1C(=O)O. The van der Waals surface area contributed by atoms with Crippen LogP contribution in [0.5, 0.6) is 0 Å². The van der Waals surface area contributed by atoms with Crippen molar-refractivity contribution in [3.8, 4) is 0 Å². The molecule has 0 aliphatic carbocycles. The summed E-state index contributed by atoms with van der Waals surface area (Å²) in [6.07, 6.45) is 3.98. The summed E-state index contributed by atoms with van der Waals surface area (Å²) in [6, 6.07) is 0. The van der Waals surface area contributed by atoms with Crippen molar-refractivity contribution < 1.29 is 9.90 Å². The number of piperidine rings is 1. The van der Waals surface area contributed by atoms with Gasteiger partial charge in [-0.25, -0.2) is 9.78 Å². The Bertz CT molecular complexity index is 414. The van der Waals surface area contributed by atoms with Crippen LogP contribution < -0.4 is 0 Å². The van der Waals surface area contributed by atoms with Gasteiger partial charge in [0.1, 0.15) is 4.88 Å². The average Bonchev–Trinajstić information content (AvgIpc) is 2.72. The molecule has 0 atom stereocenters. The lowest BCUT2D eigenvalue weighted by Gasteiger charge is -2.25. The molecule has 100 valence electrons. The van der Waals surface area contributed by atoms with Gasteiger partial charge in [0.05, 0.1) is 5.69 Å². The Balaban J connectivity index is 1.79. The van der Waals surface area contributed by atoms with Gasteiger partial charge in [-0.3, -0.25) is 0 Å². The van der Waals surface area contributed by atoms with Gasteiger partial charge in [0.15, 0.2) is 4.34 Å². The summed E-state index contributed by atoms with van der Waals surface area (Å²) >= 11 is 2.96. The molecule has 1 fully saturated rings. The zero-order valence-electron chi connectivity index (χ0n) is 10.5. The number of hydrogen-bond donors (Lipinski definition) is 1. The Hall–Kier alpha value is -0.590. The first kappa shape index (κ1) is 13.8. The van der Waals surface area contributed by atoms with E-state index in [0.29, 0.717) is 10.6 Å². The van der Waals surface area contributed by atoms with Crippen LogP contribution in [0.4, 0.5) is 0 Å². The van der Waals surface area contributed by atoms with Crippen LogP contribution in [0.25, 0.3) is 0 Å². The first-order valence-electron chi connectivity index (χ1n) is 6.22. The highest BCUT2D eigenvalue weighted by Crippen LogP contribution is 2.27. The highest BCUT2D eigenvalue weighted by Gasteiger charge is 2.15. The van der Waals surface area contributed by atoms with Crippen molar-refractivity contribution in [3.05, 3.63) is 10.6 Å². The van der Waals surface area contributed by atoms with Crippen molar-refractivity contribution in [2.75, 3.05) is 25.4 Å². The molecule has 0 aromatic carbocycles. The maximum atomic E-state index is 10.9. The normalized spacial score (nSPS) is 16.9. The Morgan fingerprint density at radius 1 is 1.44 bits per heavy atom. The molecule has 0 spiro atoms. The number of carboxylic acid groups (broad SMARTS) is 1. The van der Waals surface area contributed by atoms with Gasteiger partial charge >= 0.3 is 5.97 Å². The Labute approximate surface area is 115 Å². The molecule has 1 saturated heterocycles. The minimum Gasteiger partial charge on any atom is -0.477 e. The molecule has 1 aromatic heterocycles. The zero-order valence-corrected chi connectivity index (χ0v) is 12.1. The van der Waals surface area contributed by atoms with Gasteiger partial charge in [0.2, 0.25) is 0 Å². The maximum Gasteiger partial charge on any atom is 0.347 e. The second kappa shape index (κ2) is 6.54. The topological polar surface area (TPSA) is 53.4 Å². The summed E-state index contributed by atoms with van der Waals surface area (Å²) in [4.78, 5) is 18.1. The summed E-state index contributed by atoms with van der Waals surface area (Å²) in [5, 5.41) is 8.96. The Morgan fingerprint density at radius 2 is 2.17 bits per heavy atom. The number of aromatic nitrogens is 1. The Morgan fingerprint density at radius 3 is 2.78 bits per heavy atom. The molecule has 18 heavy (non-hydrogen) atoms. The third-order valence-electron chi connectivity index (χ3n) is 3.05. The van der Waals surface area contributed by atoms with Gasteiger partial charge < -0.3 is 10.0 Å². The zero-order chi connectivity index (χ0) is 13.0. The molecule has 1 aromatic rings. The summed E-state index contributed by atoms with van der Waals surface area (Å²) in [5.41, 5.74) is 0.632. The third kappa shape index (κ3) is 3.70. The van der Waals surface area contributed by atoms with Crippen LogP contribution in [0.2, 0.25) is 0 Å². The van der Waals surface area contributed by atoms with Gasteiger partial charge in [-0.15, -0.1) is 11.3 Å². The predicted octanol–water partition coefficient (Wildman–Crippen LogP) is 2.73. The summed E-state index contributed by atoms with van der Waals surface area (Å²) in [7, 11) is 0. The first-order chi connectivity index (χ1) is 8.66. The molecule has 0 saturated carbocycles. The van der Waals surface area contributed by atoms with Crippen molar-refractivity contribution >= 4 is 29.1 Å². The van der Waals surface area contributed by atoms with Crippen molar-refractivity contribution in [3.63, 3.8) is 0 Å². The molecule has 0 bridgehead atoms. The van der Waals surface area contributed by atoms with E-state index in [2.05, 4.69) is 9.88 Å². The summed E-state index contributed by atoms with van der Waals surface area (Å²) in [5.74, 6) is 0.124. The van der Waals surface area contributed by atoms with Crippen LogP contribution in [0, 0.1) is 6.92 Å². The molecule has 0 radical (unpaired) electrons. The van der Waals surface area contributed by atoms with Gasteiger partial charge in [-0.1, -0.05) is 18.2 Å². The number of aromatic carboxylic acids is 1. The maximum absolute atomic E-state index is 10.9. The van der Waals surface area contributed by atoms with Gasteiger partial charge in [0.25, 0.3) is 0 Å². The van der Waals surface area contributed by atoms with E-state index in [0.717, 1.165) is 16.6 Å². The van der Waals surface area contributed by atoms with E-state index >= 15 is 0 Å². The van der Waals surface area contributed by atoms with E-state index in [1.165, 1.54) is 43.7 Å². The minimum absolute atomic E-state index is 0.371. The Kier molecular flexibility index (Phi) is 5.03. The average molecular weight is 286 g/mol. The number of carbonyl (C=O) groups is 1. The molecule has 6 heteroatoms. The lowest BCUT2D eigenvalue weighted by Crippen LogP contribution is -2.31. The van der Waals surface area contributed by atoms with E-state index in [1.54, 1.807) is 18.7 Å². The molecule has 1 aliphatic heterocycles. The van der Waals surface area contributed by atoms with Gasteiger partial charge in [-0.05, 0) is 32.9 Å². The van der Waals surface area contributed by atoms with Crippen LogP contribution in [0.3, 0.4) is 0 Å². The standard InChI is InChI=1S/C12H18N2O2S2/c1-9-10(11(15)16)18-12(13-9)17-8-7-14-5-3-2-4-6-14/h2-8H2,1H3,(H,15,16). The molecular weight excluding hydrogens is 268 g/mol. The number of nitrogens with zero attached hydrogens (tertiary/aromatic N) is 2. The van der Waals surface area contributed by atoms with Crippen molar-refractivity contribution in [1.82, 2.24) is 9.88 Å². The smallest absolute Gasteiger partial charge is 0.347 e. The second-order valence-corrected chi connectivity index (χ2v) is 6.79. The fourth-order valence-corrected chi connectivity index (χ4v) is 4.18. The van der Waals surface area contributed by atoms with Gasteiger partial charge in [0, 0.05) is 12.3 Å². The first-order valence-corrected chi connectivity index (χ1v) is 8.03. The molecule has 2 rings (SSSR count). The molecule has 0 unspecified atom stereocenters. The minimum atomic E-state index is -0.868. The van der Waals surface area contributed by atoms with E-state index < -0.39 is 5.97 Å². The molecule has 1 aliphatic rings. The number of likely N-dealkylation sites (tertiary alicyclic amines) is 1. The van der Waals surface area contributed by atoms with E-state index in [1.807, 2.05) is 0 Å². The molecule has 1 N–H and O–H groups in total. The number of thioether (sulfide) groups is 1. The van der Waals surface area contributed by atoms with E-state index in [-0.39, 0.29) is 0 Å².